The zero-order valence-corrected chi connectivity index (χ0v) is 17.8. The lowest BCUT2D eigenvalue weighted by atomic mass is 9.75. The van der Waals surface area contributed by atoms with Crippen molar-refractivity contribution in [3.8, 4) is 0 Å². The summed E-state index contributed by atoms with van der Waals surface area (Å²) in [6, 6.07) is 32.6. The minimum atomic E-state index is -0.930. The second-order valence-corrected chi connectivity index (χ2v) is 8.09. The lowest BCUT2D eigenvalue weighted by Crippen LogP contribution is -2.49. The van der Waals surface area contributed by atoms with Crippen molar-refractivity contribution in [1.82, 2.24) is 10.2 Å². The molecule has 0 aromatic heterocycles. The summed E-state index contributed by atoms with van der Waals surface area (Å²) >= 11 is 0. The summed E-state index contributed by atoms with van der Waals surface area (Å²) in [6.45, 7) is 0.280. The maximum absolute atomic E-state index is 14.0. The Labute approximate surface area is 191 Å². The van der Waals surface area contributed by atoms with Gasteiger partial charge >= 0.3 is 6.03 Å². The molecule has 1 aliphatic heterocycles. The van der Waals surface area contributed by atoms with E-state index < -0.39 is 23.2 Å². The average Bonchev–Trinajstić information content (AvgIpc) is 3.25. The van der Waals surface area contributed by atoms with Gasteiger partial charge in [-0.3, -0.25) is 0 Å². The van der Waals surface area contributed by atoms with E-state index in [4.69, 9.17) is 0 Å². The first kappa shape index (κ1) is 20.9. The molecule has 33 heavy (non-hydrogen) atoms. The van der Waals surface area contributed by atoms with Gasteiger partial charge in [0.2, 0.25) is 0 Å². The van der Waals surface area contributed by atoms with E-state index in [0.29, 0.717) is 5.56 Å². The summed E-state index contributed by atoms with van der Waals surface area (Å²) in [7, 11) is 0. The van der Waals surface area contributed by atoms with Crippen molar-refractivity contribution < 1.29 is 13.6 Å². The number of hydrogen-bond donors (Lipinski definition) is 1. The van der Waals surface area contributed by atoms with Crippen LogP contribution in [-0.2, 0) is 5.54 Å². The van der Waals surface area contributed by atoms with Crippen molar-refractivity contribution in [3.63, 3.8) is 0 Å². The molecule has 1 heterocycles. The summed E-state index contributed by atoms with van der Waals surface area (Å²) in [5.41, 5.74) is 2.41. The quantitative estimate of drug-likeness (QED) is 0.378. The smallest absolute Gasteiger partial charge is 0.319 e. The lowest BCUT2D eigenvalue weighted by molar-refractivity contribution is 0.180. The Morgan fingerprint density at radius 3 is 1.64 bits per heavy atom. The predicted molar refractivity (Wildman–Crippen MR) is 124 cm³/mol. The minimum Gasteiger partial charge on any atom is -0.329 e. The van der Waals surface area contributed by atoms with Gasteiger partial charge in [0, 0.05) is 6.54 Å². The summed E-state index contributed by atoms with van der Waals surface area (Å²) in [5.74, 6) is -1.84. The molecule has 164 valence electrons. The first-order chi connectivity index (χ1) is 16.1. The van der Waals surface area contributed by atoms with Crippen LogP contribution in [0.5, 0.6) is 0 Å². The lowest BCUT2D eigenvalue weighted by Gasteiger charge is -2.43. The van der Waals surface area contributed by atoms with Crippen molar-refractivity contribution in [2.75, 3.05) is 6.54 Å². The maximum Gasteiger partial charge on any atom is 0.319 e. The predicted octanol–water partition coefficient (Wildman–Crippen LogP) is 6.02. The van der Waals surface area contributed by atoms with E-state index in [1.807, 2.05) is 91.0 Å². The Balaban J connectivity index is 1.71. The van der Waals surface area contributed by atoms with Crippen LogP contribution in [-0.4, -0.2) is 17.5 Å². The molecule has 1 aliphatic rings. The largest absolute Gasteiger partial charge is 0.329 e. The van der Waals surface area contributed by atoms with E-state index in [-0.39, 0.29) is 12.6 Å². The van der Waals surface area contributed by atoms with Crippen LogP contribution in [0.4, 0.5) is 13.6 Å². The molecule has 5 heteroatoms. The monoisotopic (exact) mass is 440 g/mol. The Morgan fingerprint density at radius 2 is 1.18 bits per heavy atom. The van der Waals surface area contributed by atoms with Crippen LogP contribution in [0.15, 0.2) is 109 Å². The van der Waals surface area contributed by atoms with Crippen molar-refractivity contribution in [3.05, 3.63) is 143 Å². The van der Waals surface area contributed by atoms with E-state index >= 15 is 0 Å². The third-order valence-electron chi connectivity index (χ3n) is 6.23. The molecular weight excluding hydrogens is 418 g/mol. The Hall–Kier alpha value is -3.99. The Morgan fingerprint density at radius 1 is 0.697 bits per heavy atom. The highest BCUT2D eigenvalue weighted by Crippen LogP contribution is 2.44. The molecule has 0 spiro atoms. The van der Waals surface area contributed by atoms with Crippen molar-refractivity contribution in [1.29, 1.82) is 0 Å². The Bertz CT molecular complexity index is 1170. The highest BCUT2D eigenvalue weighted by molar-refractivity contribution is 5.80. The van der Waals surface area contributed by atoms with Crippen LogP contribution in [0.25, 0.3) is 0 Å². The molecule has 0 saturated carbocycles. The van der Waals surface area contributed by atoms with E-state index in [9.17, 15) is 13.6 Å². The average molecular weight is 440 g/mol. The van der Waals surface area contributed by atoms with Gasteiger partial charge in [0.1, 0.15) is 5.54 Å². The van der Waals surface area contributed by atoms with Crippen LogP contribution in [0, 0.1) is 11.6 Å². The summed E-state index contributed by atoms with van der Waals surface area (Å²) < 4.78 is 27.5. The molecule has 4 aromatic rings. The van der Waals surface area contributed by atoms with Gasteiger partial charge in [0.25, 0.3) is 0 Å². The number of halogens is 2. The SMILES string of the molecule is O=C1NC(c2ccc(F)c(F)c2)CN1C(c1ccccc1)(c1ccccc1)c1ccccc1. The molecular formula is C28H22F2N2O. The van der Waals surface area contributed by atoms with Crippen LogP contribution < -0.4 is 5.32 Å². The third-order valence-corrected chi connectivity index (χ3v) is 6.23. The number of carbonyl (C=O) groups excluding carboxylic acids is 1. The number of carbonyl (C=O) groups is 1. The van der Waals surface area contributed by atoms with Gasteiger partial charge in [0.05, 0.1) is 6.04 Å². The molecule has 1 N–H and O–H groups in total. The van der Waals surface area contributed by atoms with Gasteiger partial charge in [-0.1, -0.05) is 97.1 Å². The van der Waals surface area contributed by atoms with Crippen molar-refractivity contribution in [2.45, 2.75) is 11.6 Å². The molecule has 0 bridgehead atoms. The molecule has 4 aromatic carbocycles. The normalized spacial score (nSPS) is 16.0. The number of amides is 2. The topological polar surface area (TPSA) is 32.3 Å². The standard InChI is InChI=1S/C28H22F2N2O/c29-24-17-16-20(18-25(24)30)26-19-32(27(33)31-26)28(21-10-4-1-5-11-21,22-12-6-2-7-13-22)23-14-8-3-9-15-23/h1-18,26H,19H2,(H,31,33). The van der Waals surface area contributed by atoms with E-state index in [1.165, 1.54) is 6.07 Å². The van der Waals surface area contributed by atoms with Crippen LogP contribution in [0.1, 0.15) is 28.3 Å². The number of urea groups is 1. The number of nitrogens with one attached hydrogen (secondary N) is 1. The molecule has 1 fully saturated rings. The second-order valence-electron chi connectivity index (χ2n) is 8.09. The molecule has 1 saturated heterocycles. The second kappa shape index (κ2) is 8.51. The number of hydrogen-bond acceptors (Lipinski definition) is 1. The van der Waals surface area contributed by atoms with Crippen LogP contribution in [0.2, 0.25) is 0 Å². The first-order valence-electron chi connectivity index (χ1n) is 10.8. The fourth-order valence-electron chi connectivity index (χ4n) is 4.75. The van der Waals surface area contributed by atoms with Gasteiger partial charge in [-0.05, 0) is 34.4 Å². The van der Waals surface area contributed by atoms with Gasteiger partial charge < -0.3 is 10.2 Å². The molecule has 0 aliphatic carbocycles. The van der Waals surface area contributed by atoms with Crippen molar-refractivity contribution >= 4 is 6.03 Å². The molecule has 5 rings (SSSR count). The zero-order valence-electron chi connectivity index (χ0n) is 17.8. The first-order valence-corrected chi connectivity index (χ1v) is 10.8. The summed E-state index contributed by atoms with van der Waals surface area (Å²) in [4.78, 5) is 15.3. The fraction of sp³-hybridized carbons (Fsp3) is 0.107. The molecule has 3 nitrogen and oxygen atoms in total. The summed E-state index contributed by atoms with van der Waals surface area (Å²) in [6.07, 6.45) is 0. The van der Waals surface area contributed by atoms with E-state index in [0.717, 1.165) is 28.8 Å². The summed E-state index contributed by atoms with van der Waals surface area (Å²) in [5, 5.41) is 2.98. The van der Waals surface area contributed by atoms with Gasteiger partial charge in [-0.15, -0.1) is 0 Å². The minimum absolute atomic E-state index is 0.277. The van der Waals surface area contributed by atoms with Crippen molar-refractivity contribution in [2.24, 2.45) is 0 Å². The number of nitrogens with zero attached hydrogens (tertiary/aromatic N) is 1. The Kier molecular flexibility index (Phi) is 5.38. The molecule has 1 unspecified atom stereocenters. The highest BCUT2D eigenvalue weighted by Gasteiger charge is 2.48. The third kappa shape index (κ3) is 3.55. The molecule has 1 atom stereocenters. The number of benzene rings is 4. The van der Waals surface area contributed by atoms with Crippen LogP contribution >= 0.6 is 0 Å². The van der Waals surface area contributed by atoms with Gasteiger partial charge in [-0.25, -0.2) is 13.6 Å². The van der Waals surface area contributed by atoms with Crippen LogP contribution in [0.3, 0.4) is 0 Å². The van der Waals surface area contributed by atoms with E-state index in [2.05, 4.69) is 5.32 Å². The van der Waals surface area contributed by atoms with Gasteiger partial charge in [0.15, 0.2) is 11.6 Å². The van der Waals surface area contributed by atoms with Gasteiger partial charge in [-0.2, -0.15) is 0 Å². The molecule has 2 amide bonds. The highest BCUT2D eigenvalue weighted by atomic mass is 19.2. The zero-order chi connectivity index (χ0) is 22.8. The molecule has 0 radical (unpaired) electrons. The van der Waals surface area contributed by atoms with E-state index in [1.54, 1.807) is 4.90 Å². The maximum atomic E-state index is 14.0. The number of rotatable bonds is 5. The fourth-order valence-corrected chi connectivity index (χ4v) is 4.75.